The lowest BCUT2D eigenvalue weighted by Gasteiger charge is -2.11. The van der Waals surface area contributed by atoms with E-state index in [-0.39, 0.29) is 29.7 Å². The molecular weight excluding hydrogens is 319 g/mol. The maximum atomic E-state index is 12.9. The molecule has 1 N–H and O–H groups in total. The molecule has 2 rings (SSSR count). The topological polar surface area (TPSA) is 68.2 Å². The van der Waals surface area contributed by atoms with Crippen LogP contribution < -0.4 is 10.3 Å². The molecule has 0 saturated heterocycles. The molecule has 0 amide bonds. The Morgan fingerprint density at radius 2 is 1.83 bits per heavy atom. The lowest BCUT2D eigenvalue weighted by Crippen LogP contribution is -2.28. The molecular formula is C16H19FN2O3S. The summed E-state index contributed by atoms with van der Waals surface area (Å²) in [5, 5.41) is 0. The molecule has 0 aliphatic rings. The smallest absolute Gasteiger partial charge is 0.275 e. The number of hydrogen-bond donors (Lipinski definition) is 1. The van der Waals surface area contributed by atoms with Crippen LogP contribution in [-0.4, -0.2) is 18.7 Å². The fourth-order valence-electron chi connectivity index (χ4n) is 2.17. The van der Waals surface area contributed by atoms with Crippen LogP contribution in [0.5, 0.6) is 0 Å². The fourth-order valence-corrected chi connectivity index (χ4v) is 3.62. The lowest BCUT2D eigenvalue weighted by atomic mass is 10.2. The Hall–Kier alpha value is -2.15. The first-order valence-electron chi connectivity index (χ1n) is 7.21. The van der Waals surface area contributed by atoms with Crippen molar-refractivity contribution in [3.05, 3.63) is 64.3 Å². The van der Waals surface area contributed by atoms with Crippen LogP contribution in [0.1, 0.15) is 19.4 Å². The largest absolute Gasteiger partial charge is 0.309 e. The Morgan fingerprint density at radius 1 is 1.17 bits per heavy atom. The third kappa shape index (κ3) is 4.92. The van der Waals surface area contributed by atoms with Gasteiger partial charge in [0.25, 0.3) is 5.56 Å². The first-order chi connectivity index (χ1) is 10.8. The highest BCUT2D eigenvalue weighted by Gasteiger charge is 2.15. The van der Waals surface area contributed by atoms with Gasteiger partial charge in [-0.2, -0.15) is 0 Å². The highest BCUT2D eigenvalue weighted by atomic mass is 32.2. The van der Waals surface area contributed by atoms with E-state index in [4.69, 9.17) is 0 Å². The minimum absolute atomic E-state index is 0.00950. The summed E-state index contributed by atoms with van der Waals surface area (Å²) in [6, 6.07) is 8.82. The molecule has 0 fully saturated rings. The molecule has 0 bridgehead atoms. The number of aromatic nitrogens is 1. The Labute approximate surface area is 134 Å². The Balaban J connectivity index is 2.24. The van der Waals surface area contributed by atoms with E-state index in [0.29, 0.717) is 0 Å². The van der Waals surface area contributed by atoms with Gasteiger partial charge in [-0.3, -0.25) is 9.52 Å². The second-order valence-corrected chi connectivity index (χ2v) is 7.53. The first-order valence-corrected chi connectivity index (χ1v) is 8.86. The number of sulfonamides is 1. The molecule has 1 heterocycles. The molecule has 1 aromatic carbocycles. The second-order valence-electron chi connectivity index (χ2n) is 5.76. The summed E-state index contributed by atoms with van der Waals surface area (Å²) in [7, 11) is -3.56. The van der Waals surface area contributed by atoms with E-state index >= 15 is 0 Å². The number of nitrogens with zero attached hydrogens (tertiary/aromatic N) is 1. The Kier molecular flexibility index (Phi) is 5.20. The number of benzene rings is 1. The molecule has 0 unspecified atom stereocenters. The van der Waals surface area contributed by atoms with Crippen LogP contribution in [0.3, 0.4) is 0 Å². The molecule has 7 heteroatoms. The first kappa shape index (κ1) is 17.2. The van der Waals surface area contributed by atoms with Gasteiger partial charge < -0.3 is 4.57 Å². The molecule has 0 saturated carbocycles. The van der Waals surface area contributed by atoms with Crippen LogP contribution in [0.15, 0.2) is 47.4 Å². The fraction of sp³-hybridized carbons (Fsp3) is 0.312. The van der Waals surface area contributed by atoms with Crippen LogP contribution in [0, 0.1) is 11.7 Å². The van der Waals surface area contributed by atoms with E-state index in [9.17, 15) is 17.6 Å². The van der Waals surface area contributed by atoms with Gasteiger partial charge in [-0.25, -0.2) is 12.8 Å². The van der Waals surface area contributed by atoms with Gasteiger partial charge in [-0.15, -0.1) is 0 Å². The van der Waals surface area contributed by atoms with Gasteiger partial charge >= 0.3 is 0 Å². The summed E-state index contributed by atoms with van der Waals surface area (Å²) in [6.07, 6.45) is 1.56. The summed E-state index contributed by atoms with van der Waals surface area (Å²) in [5.74, 6) is -0.451. The number of pyridine rings is 1. The molecule has 2 aromatic rings. The predicted octanol–water partition coefficient (Wildman–Crippen LogP) is 2.43. The third-order valence-corrected chi connectivity index (χ3v) is 4.74. The molecule has 1 aromatic heterocycles. The number of hydrogen-bond acceptors (Lipinski definition) is 3. The van der Waals surface area contributed by atoms with E-state index in [1.165, 1.54) is 22.8 Å². The average molecular weight is 338 g/mol. The number of halogens is 1. The van der Waals surface area contributed by atoms with Crippen molar-refractivity contribution in [2.24, 2.45) is 5.92 Å². The van der Waals surface area contributed by atoms with Gasteiger partial charge in [0, 0.05) is 6.20 Å². The van der Waals surface area contributed by atoms with Gasteiger partial charge in [0.15, 0.2) is 0 Å². The molecule has 0 aliphatic heterocycles. The zero-order chi connectivity index (χ0) is 17.0. The van der Waals surface area contributed by atoms with Crippen LogP contribution in [0.4, 0.5) is 10.1 Å². The van der Waals surface area contributed by atoms with Gasteiger partial charge in [-0.1, -0.05) is 26.0 Å². The molecule has 0 radical (unpaired) electrons. The van der Waals surface area contributed by atoms with Crippen molar-refractivity contribution in [1.82, 2.24) is 4.57 Å². The molecule has 0 atom stereocenters. The van der Waals surface area contributed by atoms with Gasteiger partial charge in [0.2, 0.25) is 10.0 Å². The predicted molar refractivity (Wildman–Crippen MR) is 88.5 cm³/mol. The van der Waals surface area contributed by atoms with E-state index in [1.54, 1.807) is 38.2 Å². The maximum absolute atomic E-state index is 12.9. The highest BCUT2D eigenvalue weighted by Crippen LogP contribution is 2.08. The van der Waals surface area contributed by atoms with Crippen molar-refractivity contribution in [2.75, 3.05) is 10.5 Å². The van der Waals surface area contributed by atoms with Gasteiger partial charge in [0.05, 0.1) is 12.3 Å². The highest BCUT2D eigenvalue weighted by molar-refractivity contribution is 7.92. The molecule has 124 valence electrons. The summed E-state index contributed by atoms with van der Waals surface area (Å²) < 4.78 is 40.6. The summed E-state index contributed by atoms with van der Waals surface area (Å²) in [5.41, 5.74) is 0.315. The zero-order valence-corrected chi connectivity index (χ0v) is 13.8. The van der Waals surface area contributed by atoms with E-state index in [1.807, 2.05) is 0 Å². The quantitative estimate of drug-likeness (QED) is 0.879. The molecule has 0 spiro atoms. The number of nitrogens with one attached hydrogen (secondary N) is 1. The minimum atomic E-state index is -3.56. The van der Waals surface area contributed by atoms with Crippen molar-refractivity contribution >= 4 is 15.7 Å². The summed E-state index contributed by atoms with van der Waals surface area (Å²) in [6.45, 7) is 3.81. The standard InChI is InChI=1S/C16H19FN2O3S/c1-12(2)11-23(21,22)18-15-4-3-9-19(16(15)20)10-13-5-7-14(17)8-6-13/h3-9,12,18H,10-11H2,1-2H3. The normalized spacial score (nSPS) is 11.7. The van der Waals surface area contributed by atoms with Crippen molar-refractivity contribution in [1.29, 1.82) is 0 Å². The summed E-state index contributed by atoms with van der Waals surface area (Å²) >= 11 is 0. The van der Waals surface area contributed by atoms with E-state index < -0.39 is 15.6 Å². The molecule has 5 nitrogen and oxygen atoms in total. The monoisotopic (exact) mass is 338 g/mol. The Bertz CT molecular complexity index is 827. The van der Waals surface area contributed by atoms with Crippen molar-refractivity contribution < 1.29 is 12.8 Å². The van der Waals surface area contributed by atoms with Crippen molar-refractivity contribution in [3.8, 4) is 0 Å². The van der Waals surface area contributed by atoms with Crippen LogP contribution in [-0.2, 0) is 16.6 Å². The SMILES string of the molecule is CC(C)CS(=O)(=O)Nc1cccn(Cc2ccc(F)cc2)c1=O. The lowest BCUT2D eigenvalue weighted by molar-refractivity contribution is 0.587. The summed E-state index contributed by atoms with van der Waals surface area (Å²) in [4.78, 5) is 12.4. The number of anilines is 1. The Morgan fingerprint density at radius 3 is 2.43 bits per heavy atom. The third-order valence-electron chi connectivity index (χ3n) is 3.10. The minimum Gasteiger partial charge on any atom is -0.309 e. The molecule has 0 aliphatic carbocycles. The second kappa shape index (κ2) is 6.95. The van der Waals surface area contributed by atoms with E-state index in [0.717, 1.165) is 5.56 Å². The number of rotatable bonds is 6. The molecule has 23 heavy (non-hydrogen) atoms. The average Bonchev–Trinajstić information content (AvgIpc) is 2.44. The van der Waals surface area contributed by atoms with Crippen LogP contribution >= 0.6 is 0 Å². The van der Waals surface area contributed by atoms with Crippen LogP contribution in [0.2, 0.25) is 0 Å². The van der Waals surface area contributed by atoms with Gasteiger partial charge in [-0.05, 0) is 35.7 Å². The maximum Gasteiger partial charge on any atom is 0.275 e. The van der Waals surface area contributed by atoms with Crippen LogP contribution in [0.25, 0.3) is 0 Å². The van der Waals surface area contributed by atoms with Crippen molar-refractivity contribution in [2.45, 2.75) is 20.4 Å². The van der Waals surface area contributed by atoms with E-state index in [2.05, 4.69) is 4.72 Å². The zero-order valence-electron chi connectivity index (χ0n) is 13.0. The van der Waals surface area contributed by atoms with Gasteiger partial charge in [0.1, 0.15) is 11.5 Å². The van der Waals surface area contributed by atoms with Crippen molar-refractivity contribution in [3.63, 3.8) is 0 Å².